The van der Waals surface area contributed by atoms with Crippen molar-refractivity contribution in [1.29, 1.82) is 5.26 Å². The Balaban J connectivity index is 2.42. The summed E-state index contributed by atoms with van der Waals surface area (Å²) in [7, 11) is 0. The van der Waals surface area contributed by atoms with Gasteiger partial charge in [-0.25, -0.2) is 0 Å². The molecule has 0 N–H and O–H groups in total. The maximum Gasteiger partial charge on any atom is 0.254 e. The number of rotatable bonds is 1. The number of morpholine rings is 1. The molecule has 88 valence electrons. The number of halogens is 1. The number of hydrogen-bond donors (Lipinski definition) is 0. The van der Waals surface area contributed by atoms with Gasteiger partial charge in [-0.1, -0.05) is 11.6 Å². The van der Waals surface area contributed by atoms with Gasteiger partial charge in [0.15, 0.2) is 0 Å². The van der Waals surface area contributed by atoms with Crippen molar-refractivity contribution in [3.05, 3.63) is 28.8 Å². The molecule has 0 aliphatic carbocycles. The third kappa shape index (κ3) is 2.26. The molecule has 1 saturated heterocycles. The van der Waals surface area contributed by atoms with Crippen LogP contribution in [0, 0.1) is 18.3 Å². The summed E-state index contributed by atoms with van der Waals surface area (Å²) in [6.07, 6.45) is 0. The minimum absolute atomic E-state index is 0.0141. The van der Waals surface area contributed by atoms with Crippen LogP contribution >= 0.6 is 11.6 Å². The fourth-order valence-electron chi connectivity index (χ4n) is 1.86. The van der Waals surface area contributed by atoms with Gasteiger partial charge < -0.3 is 4.74 Å². The summed E-state index contributed by atoms with van der Waals surface area (Å²) in [5, 5.41) is 9.65. The van der Waals surface area contributed by atoms with Crippen molar-refractivity contribution in [3.63, 3.8) is 0 Å². The first-order valence-corrected chi connectivity index (χ1v) is 5.57. The average molecular weight is 251 g/mol. The zero-order chi connectivity index (χ0) is 12.4. The molecule has 17 heavy (non-hydrogen) atoms. The smallest absolute Gasteiger partial charge is 0.254 e. The van der Waals surface area contributed by atoms with E-state index >= 15 is 0 Å². The number of amides is 1. The molecule has 0 bridgehead atoms. The number of aryl methyl sites for hydroxylation is 1. The number of carbonyl (C=O) groups is 1. The zero-order valence-corrected chi connectivity index (χ0v) is 10.1. The molecule has 1 aliphatic rings. The van der Waals surface area contributed by atoms with Crippen LogP contribution < -0.4 is 4.90 Å². The first-order chi connectivity index (χ1) is 8.13. The molecule has 1 aromatic rings. The molecule has 0 saturated carbocycles. The number of anilines is 1. The van der Waals surface area contributed by atoms with Gasteiger partial charge in [0.1, 0.15) is 12.6 Å². The summed E-state index contributed by atoms with van der Waals surface area (Å²) >= 11 is 5.87. The predicted octanol–water partition coefficient (Wildman–Crippen LogP) is 1.90. The molecule has 0 radical (unpaired) electrons. The standard InChI is InChI=1S/C12H11ClN2O2/c1-8-4-9(13)2-3-11(8)15-10(5-14)6-17-7-12(15)16/h2-4,10H,6-7H2,1H3. The van der Waals surface area contributed by atoms with E-state index in [1.54, 1.807) is 18.2 Å². The van der Waals surface area contributed by atoms with Gasteiger partial charge in [0.2, 0.25) is 0 Å². The van der Waals surface area contributed by atoms with Crippen LogP contribution in [0.5, 0.6) is 0 Å². The Morgan fingerprint density at radius 3 is 3.00 bits per heavy atom. The second-order valence-corrected chi connectivity index (χ2v) is 4.29. The molecule has 1 aliphatic heterocycles. The van der Waals surface area contributed by atoms with Crippen molar-refractivity contribution >= 4 is 23.2 Å². The van der Waals surface area contributed by atoms with Crippen LogP contribution in [-0.2, 0) is 9.53 Å². The molecule has 2 rings (SSSR count). The van der Waals surface area contributed by atoms with E-state index in [9.17, 15) is 4.79 Å². The van der Waals surface area contributed by atoms with Crippen LogP contribution in [0.3, 0.4) is 0 Å². The molecular weight excluding hydrogens is 240 g/mol. The lowest BCUT2D eigenvalue weighted by atomic mass is 10.1. The van der Waals surface area contributed by atoms with Crippen LogP contribution in [0.15, 0.2) is 18.2 Å². The molecule has 1 atom stereocenters. The van der Waals surface area contributed by atoms with E-state index in [1.807, 2.05) is 6.92 Å². The monoisotopic (exact) mass is 250 g/mol. The van der Waals surface area contributed by atoms with Crippen molar-refractivity contribution in [3.8, 4) is 6.07 Å². The lowest BCUT2D eigenvalue weighted by Crippen LogP contribution is -2.49. The number of ether oxygens (including phenoxy) is 1. The van der Waals surface area contributed by atoms with E-state index in [2.05, 4.69) is 6.07 Å². The molecule has 1 unspecified atom stereocenters. The summed E-state index contributed by atoms with van der Waals surface area (Å²) < 4.78 is 5.06. The molecular formula is C12H11ClN2O2. The number of benzene rings is 1. The highest BCUT2D eigenvalue weighted by atomic mass is 35.5. The van der Waals surface area contributed by atoms with Gasteiger partial charge in [-0.15, -0.1) is 0 Å². The highest BCUT2D eigenvalue weighted by molar-refractivity contribution is 6.30. The third-order valence-electron chi connectivity index (χ3n) is 2.65. The number of nitrogens with zero attached hydrogens (tertiary/aromatic N) is 2. The maximum absolute atomic E-state index is 11.8. The first-order valence-electron chi connectivity index (χ1n) is 5.19. The number of hydrogen-bond acceptors (Lipinski definition) is 3. The number of carbonyl (C=O) groups excluding carboxylic acids is 1. The lowest BCUT2D eigenvalue weighted by molar-refractivity contribution is -0.126. The first kappa shape index (κ1) is 11.9. The van der Waals surface area contributed by atoms with Gasteiger partial charge in [-0.2, -0.15) is 5.26 Å². The van der Waals surface area contributed by atoms with E-state index in [0.717, 1.165) is 5.56 Å². The van der Waals surface area contributed by atoms with Gasteiger partial charge in [0.25, 0.3) is 5.91 Å². The minimum atomic E-state index is -0.573. The third-order valence-corrected chi connectivity index (χ3v) is 2.88. The topological polar surface area (TPSA) is 53.3 Å². The molecule has 4 nitrogen and oxygen atoms in total. The Morgan fingerprint density at radius 1 is 1.59 bits per heavy atom. The average Bonchev–Trinajstić information content (AvgIpc) is 2.30. The fourth-order valence-corrected chi connectivity index (χ4v) is 2.09. The van der Waals surface area contributed by atoms with Crippen molar-refractivity contribution < 1.29 is 9.53 Å². The van der Waals surface area contributed by atoms with Crippen molar-refractivity contribution in [1.82, 2.24) is 0 Å². The van der Waals surface area contributed by atoms with Crippen LogP contribution in [0.4, 0.5) is 5.69 Å². The van der Waals surface area contributed by atoms with Crippen molar-refractivity contribution in [2.24, 2.45) is 0 Å². The molecule has 0 aromatic heterocycles. The normalized spacial score (nSPS) is 20.2. The summed E-state index contributed by atoms with van der Waals surface area (Å²) in [4.78, 5) is 13.3. The second kappa shape index (κ2) is 4.74. The number of nitriles is 1. The van der Waals surface area contributed by atoms with Gasteiger partial charge in [-0.3, -0.25) is 9.69 Å². The summed E-state index contributed by atoms with van der Waals surface area (Å²) in [5.41, 5.74) is 1.59. The van der Waals surface area contributed by atoms with Crippen LogP contribution in [0.2, 0.25) is 5.02 Å². The summed E-state index contributed by atoms with van der Waals surface area (Å²) in [6.45, 7) is 2.11. The van der Waals surface area contributed by atoms with Crippen LogP contribution in [0.25, 0.3) is 0 Å². The Kier molecular flexibility index (Phi) is 3.32. The fraction of sp³-hybridized carbons (Fsp3) is 0.333. The van der Waals surface area contributed by atoms with Crippen LogP contribution in [0.1, 0.15) is 5.56 Å². The van der Waals surface area contributed by atoms with Gasteiger partial charge in [0, 0.05) is 10.7 Å². The molecule has 1 heterocycles. The predicted molar refractivity (Wildman–Crippen MR) is 63.9 cm³/mol. The molecule has 1 fully saturated rings. The Hall–Kier alpha value is -1.57. The zero-order valence-electron chi connectivity index (χ0n) is 9.31. The van der Waals surface area contributed by atoms with Gasteiger partial charge in [0.05, 0.1) is 12.7 Å². The highest BCUT2D eigenvalue weighted by Gasteiger charge is 2.30. The van der Waals surface area contributed by atoms with Crippen LogP contribution in [-0.4, -0.2) is 25.2 Å². The lowest BCUT2D eigenvalue weighted by Gasteiger charge is -2.32. The van der Waals surface area contributed by atoms with Gasteiger partial charge in [-0.05, 0) is 30.7 Å². The van der Waals surface area contributed by atoms with E-state index in [1.165, 1.54) is 4.90 Å². The minimum Gasteiger partial charge on any atom is -0.368 e. The van der Waals surface area contributed by atoms with E-state index in [4.69, 9.17) is 21.6 Å². The SMILES string of the molecule is Cc1cc(Cl)ccc1N1C(=O)COCC1C#N. The Morgan fingerprint density at radius 2 is 2.35 bits per heavy atom. The van der Waals surface area contributed by atoms with Crippen molar-refractivity contribution in [2.45, 2.75) is 13.0 Å². The summed E-state index contributed by atoms with van der Waals surface area (Å²) in [5.74, 6) is -0.201. The highest BCUT2D eigenvalue weighted by Crippen LogP contribution is 2.26. The largest absolute Gasteiger partial charge is 0.368 e. The second-order valence-electron chi connectivity index (χ2n) is 3.85. The molecule has 0 spiro atoms. The molecule has 1 aromatic carbocycles. The van der Waals surface area contributed by atoms with E-state index in [-0.39, 0.29) is 19.1 Å². The van der Waals surface area contributed by atoms with Gasteiger partial charge >= 0.3 is 0 Å². The Labute approximate surface area is 104 Å². The van der Waals surface area contributed by atoms with Crippen molar-refractivity contribution in [2.75, 3.05) is 18.1 Å². The molecule has 1 amide bonds. The summed E-state index contributed by atoms with van der Waals surface area (Å²) in [6, 6.07) is 6.74. The molecule has 5 heteroatoms. The Bertz CT molecular complexity index is 496. The van der Waals surface area contributed by atoms with E-state index in [0.29, 0.717) is 10.7 Å². The van der Waals surface area contributed by atoms with E-state index < -0.39 is 6.04 Å². The maximum atomic E-state index is 11.8. The quantitative estimate of drug-likeness (QED) is 0.765.